The van der Waals surface area contributed by atoms with Crippen LogP contribution in [0.25, 0.3) is 0 Å². The van der Waals surface area contributed by atoms with E-state index in [-0.39, 0.29) is 5.91 Å². The molecule has 7 heteroatoms. The first-order valence-corrected chi connectivity index (χ1v) is 9.80. The number of hydrogen-bond donors (Lipinski definition) is 0. The van der Waals surface area contributed by atoms with Crippen molar-refractivity contribution in [2.24, 2.45) is 0 Å². The highest BCUT2D eigenvalue weighted by atomic mass is 35.5. The van der Waals surface area contributed by atoms with Crippen molar-refractivity contribution in [2.45, 2.75) is 11.8 Å². The summed E-state index contributed by atoms with van der Waals surface area (Å²) in [4.78, 5) is 21.6. The van der Waals surface area contributed by atoms with Crippen LogP contribution in [0.15, 0.2) is 41.6 Å². The Balaban J connectivity index is 1.52. The molecule has 4 nitrogen and oxygen atoms in total. The van der Waals surface area contributed by atoms with Gasteiger partial charge in [0, 0.05) is 54.2 Å². The second-order valence-electron chi connectivity index (χ2n) is 5.89. The number of pyridine rings is 1. The van der Waals surface area contributed by atoms with Gasteiger partial charge in [-0.3, -0.25) is 9.78 Å². The Morgan fingerprint density at radius 1 is 1.12 bits per heavy atom. The number of rotatable bonds is 4. The Bertz CT molecular complexity index is 749. The molecule has 1 amide bonds. The molecule has 3 rings (SSSR count). The molecule has 1 aliphatic rings. The number of thioether (sulfide) groups is 1. The van der Waals surface area contributed by atoms with Crippen LogP contribution in [-0.4, -0.2) is 47.7 Å². The Morgan fingerprint density at radius 3 is 2.48 bits per heavy atom. The largest absolute Gasteiger partial charge is 0.368 e. The Labute approximate surface area is 162 Å². The first-order chi connectivity index (χ1) is 12.0. The maximum absolute atomic E-state index is 12.5. The second-order valence-corrected chi connectivity index (χ2v) is 7.73. The highest BCUT2D eigenvalue weighted by molar-refractivity contribution is 8.00. The van der Waals surface area contributed by atoms with Gasteiger partial charge in [-0.15, -0.1) is 11.8 Å². The van der Waals surface area contributed by atoms with E-state index in [0.717, 1.165) is 42.3 Å². The zero-order valence-electron chi connectivity index (χ0n) is 13.9. The van der Waals surface area contributed by atoms with E-state index in [1.165, 1.54) is 11.8 Å². The average molecular weight is 396 g/mol. The zero-order chi connectivity index (χ0) is 17.8. The van der Waals surface area contributed by atoms with E-state index in [2.05, 4.69) is 9.88 Å². The lowest BCUT2D eigenvalue weighted by Crippen LogP contribution is -2.49. The number of aryl methyl sites for hydroxylation is 1. The van der Waals surface area contributed by atoms with Crippen LogP contribution in [0.1, 0.15) is 5.56 Å². The van der Waals surface area contributed by atoms with E-state index in [1.807, 2.05) is 30.0 Å². The monoisotopic (exact) mass is 395 g/mol. The number of benzene rings is 1. The quantitative estimate of drug-likeness (QED) is 0.728. The van der Waals surface area contributed by atoms with Crippen molar-refractivity contribution >= 4 is 46.6 Å². The van der Waals surface area contributed by atoms with Gasteiger partial charge in [-0.1, -0.05) is 23.2 Å². The molecular formula is C18H19Cl2N3OS. The number of anilines is 1. The minimum atomic E-state index is 0.142. The number of hydrogen-bond acceptors (Lipinski definition) is 4. The third kappa shape index (κ3) is 4.60. The predicted molar refractivity (Wildman–Crippen MR) is 105 cm³/mol. The van der Waals surface area contributed by atoms with Gasteiger partial charge < -0.3 is 9.80 Å². The average Bonchev–Trinajstić information content (AvgIpc) is 2.64. The molecule has 0 spiro atoms. The molecule has 0 bridgehead atoms. The third-order valence-corrected chi connectivity index (χ3v) is 6.10. The molecule has 0 unspecified atom stereocenters. The van der Waals surface area contributed by atoms with Crippen LogP contribution in [0.5, 0.6) is 0 Å². The number of carbonyl (C=O) groups is 1. The fourth-order valence-electron chi connectivity index (χ4n) is 2.74. The summed E-state index contributed by atoms with van der Waals surface area (Å²) in [5.74, 6) is 0.527. The first-order valence-electron chi connectivity index (χ1n) is 8.06. The Morgan fingerprint density at radius 2 is 1.80 bits per heavy atom. The van der Waals surface area contributed by atoms with Crippen molar-refractivity contribution in [3.8, 4) is 0 Å². The molecule has 2 heterocycles. The Hall–Kier alpha value is -1.43. The van der Waals surface area contributed by atoms with Crippen molar-refractivity contribution in [2.75, 3.05) is 36.8 Å². The van der Waals surface area contributed by atoms with Crippen molar-refractivity contribution in [3.05, 3.63) is 52.3 Å². The van der Waals surface area contributed by atoms with E-state index < -0.39 is 0 Å². The molecule has 0 atom stereocenters. The summed E-state index contributed by atoms with van der Waals surface area (Å²) < 4.78 is 0. The van der Waals surface area contributed by atoms with Gasteiger partial charge in [0.2, 0.25) is 5.91 Å². The fraction of sp³-hybridized carbons (Fsp3) is 0.333. The molecule has 2 aromatic rings. The lowest BCUT2D eigenvalue weighted by atomic mass is 10.2. The standard InChI is InChI=1S/C18H19Cl2N3OS/c1-13-10-17(16(20)11-15(13)19)25-12-18(24)23-8-6-22(7-9-23)14-2-4-21-5-3-14/h2-5,10-11H,6-9,12H2,1H3. The number of halogens is 2. The number of aromatic nitrogens is 1. The van der Waals surface area contributed by atoms with Gasteiger partial charge >= 0.3 is 0 Å². The molecule has 25 heavy (non-hydrogen) atoms. The van der Waals surface area contributed by atoms with Gasteiger partial charge in [-0.05, 0) is 36.8 Å². The van der Waals surface area contributed by atoms with Crippen LogP contribution in [0.2, 0.25) is 10.0 Å². The van der Waals surface area contributed by atoms with Gasteiger partial charge in [-0.25, -0.2) is 0 Å². The summed E-state index contributed by atoms with van der Waals surface area (Å²) in [6.45, 7) is 5.06. The molecule has 0 aliphatic carbocycles. The predicted octanol–water partition coefficient (Wildman–Crippen LogP) is 4.14. The van der Waals surface area contributed by atoms with Gasteiger partial charge in [0.05, 0.1) is 10.8 Å². The molecule has 1 aliphatic heterocycles. The molecule has 1 aromatic carbocycles. The summed E-state index contributed by atoms with van der Waals surface area (Å²) in [6, 6.07) is 7.67. The normalized spacial score (nSPS) is 14.7. The van der Waals surface area contributed by atoms with Crippen LogP contribution >= 0.6 is 35.0 Å². The maximum Gasteiger partial charge on any atom is 0.233 e. The molecule has 0 N–H and O–H groups in total. The van der Waals surface area contributed by atoms with Crippen molar-refractivity contribution in [1.29, 1.82) is 0 Å². The zero-order valence-corrected chi connectivity index (χ0v) is 16.2. The van der Waals surface area contributed by atoms with Gasteiger partial charge in [-0.2, -0.15) is 0 Å². The number of carbonyl (C=O) groups excluding carboxylic acids is 1. The molecule has 132 valence electrons. The number of amides is 1. The van der Waals surface area contributed by atoms with Crippen LogP contribution in [0.4, 0.5) is 5.69 Å². The minimum absolute atomic E-state index is 0.142. The van der Waals surface area contributed by atoms with E-state index in [1.54, 1.807) is 18.5 Å². The van der Waals surface area contributed by atoms with Crippen molar-refractivity contribution in [1.82, 2.24) is 9.88 Å². The summed E-state index contributed by atoms with van der Waals surface area (Å²) >= 11 is 13.7. The minimum Gasteiger partial charge on any atom is -0.368 e. The molecule has 1 aromatic heterocycles. The highest BCUT2D eigenvalue weighted by Gasteiger charge is 2.21. The van der Waals surface area contributed by atoms with Gasteiger partial charge in [0.15, 0.2) is 0 Å². The van der Waals surface area contributed by atoms with Gasteiger partial charge in [0.25, 0.3) is 0 Å². The molecular weight excluding hydrogens is 377 g/mol. The summed E-state index contributed by atoms with van der Waals surface area (Å²) in [6.07, 6.45) is 3.59. The Kier molecular flexibility index (Phi) is 6.10. The summed E-state index contributed by atoms with van der Waals surface area (Å²) in [5.41, 5.74) is 2.12. The lowest BCUT2D eigenvalue weighted by molar-refractivity contribution is -0.128. The van der Waals surface area contributed by atoms with Crippen molar-refractivity contribution in [3.63, 3.8) is 0 Å². The molecule has 0 radical (unpaired) electrons. The van der Waals surface area contributed by atoms with Crippen LogP contribution in [0.3, 0.4) is 0 Å². The lowest BCUT2D eigenvalue weighted by Gasteiger charge is -2.36. The second kappa shape index (κ2) is 8.30. The van der Waals surface area contributed by atoms with Crippen LogP contribution in [0, 0.1) is 6.92 Å². The topological polar surface area (TPSA) is 36.4 Å². The van der Waals surface area contributed by atoms with Gasteiger partial charge in [0.1, 0.15) is 0 Å². The molecule has 1 saturated heterocycles. The summed E-state index contributed by atoms with van der Waals surface area (Å²) in [5, 5.41) is 1.24. The maximum atomic E-state index is 12.5. The van der Waals surface area contributed by atoms with Crippen LogP contribution in [-0.2, 0) is 4.79 Å². The van der Waals surface area contributed by atoms with E-state index in [0.29, 0.717) is 15.8 Å². The smallest absolute Gasteiger partial charge is 0.233 e. The van der Waals surface area contributed by atoms with E-state index >= 15 is 0 Å². The number of piperazine rings is 1. The fourth-order valence-corrected chi connectivity index (χ4v) is 4.21. The van der Waals surface area contributed by atoms with E-state index in [4.69, 9.17) is 23.2 Å². The van der Waals surface area contributed by atoms with Crippen molar-refractivity contribution < 1.29 is 4.79 Å². The third-order valence-electron chi connectivity index (χ3n) is 4.22. The van der Waals surface area contributed by atoms with E-state index in [9.17, 15) is 4.79 Å². The van der Waals surface area contributed by atoms with Crippen LogP contribution < -0.4 is 4.90 Å². The first kappa shape index (κ1) is 18.4. The summed E-state index contributed by atoms with van der Waals surface area (Å²) in [7, 11) is 0. The SMILES string of the molecule is Cc1cc(SCC(=O)N2CCN(c3ccncc3)CC2)c(Cl)cc1Cl. The molecule has 1 fully saturated rings. The molecule has 0 saturated carbocycles. The number of nitrogens with zero attached hydrogens (tertiary/aromatic N) is 3. The highest BCUT2D eigenvalue weighted by Crippen LogP contribution is 2.32.